The van der Waals surface area contributed by atoms with Gasteiger partial charge in [-0.3, -0.25) is 9.69 Å². The summed E-state index contributed by atoms with van der Waals surface area (Å²) in [6.45, 7) is 18.8. The monoisotopic (exact) mass is 807 g/mol. The summed E-state index contributed by atoms with van der Waals surface area (Å²) in [4.78, 5) is 30.4. The third-order valence-electron chi connectivity index (χ3n) is 11.6. The van der Waals surface area contributed by atoms with Crippen LogP contribution in [0.4, 0.5) is 11.6 Å². The summed E-state index contributed by atoms with van der Waals surface area (Å²) >= 11 is 2.05. The van der Waals surface area contributed by atoms with E-state index in [1.807, 2.05) is 12.1 Å². The van der Waals surface area contributed by atoms with Crippen molar-refractivity contribution < 1.29 is 9.53 Å². The third-order valence-corrected chi connectivity index (χ3v) is 17.1. The predicted molar refractivity (Wildman–Crippen MR) is 210 cm³/mol. The first kappa shape index (κ1) is 35.5. The van der Waals surface area contributed by atoms with Crippen LogP contribution in [0.5, 0.6) is 0 Å². The zero-order valence-corrected chi connectivity index (χ0v) is 33.2. The SMILES string of the molecule is C=CCn1c(=O)c2cnc(Nc3ccc4c(c3)CCN([C@H]3CC[C@@H](CO[Si](C)(C)C(C)(C)C)CC3)C4)nc2n1-c1ccc2c(n1)[C@@](O)(I)CC2. The first-order valence-corrected chi connectivity index (χ1v) is 22.0. The molecule has 1 aromatic carbocycles. The van der Waals surface area contributed by atoms with Gasteiger partial charge in [0.25, 0.3) is 5.56 Å². The molecule has 7 rings (SSSR count). The number of nitrogens with one attached hydrogen (secondary N) is 1. The molecule has 1 atom stereocenters. The zero-order chi connectivity index (χ0) is 35.4. The lowest BCUT2D eigenvalue weighted by atomic mass is 9.84. The molecule has 4 aromatic rings. The molecule has 0 bridgehead atoms. The normalized spacial score (nSPS) is 22.8. The Morgan fingerprint density at radius 1 is 1.10 bits per heavy atom. The second-order valence-electron chi connectivity index (χ2n) is 15.9. The van der Waals surface area contributed by atoms with Gasteiger partial charge in [0.1, 0.15) is 5.39 Å². The molecule has 12 heteroatoms. The van der Waals surface area contributed by atoms with Gasteiger partial charge in [-0.25, -0.2) is 19.3 Å². The van der Waals surface area contributed by atoms with Crippen LogP contribution in [-0.2, 0) is 34.0 Å². The van der Waals surface area contributed by atoms with Gasteiger partial charge in [0.2, 0.25) is 5.95 Å². The predicted octanol–water partition coefficient (Wildman–Crippen LogP) is 7.37. The Balaban J connectivity index is 1.05. The highest BCUT2D eigenvalue weighted by atomic mass is 127. The Bertz CT molecular complexity index is 1970. The number of aromatic nitrogens is 5. The molecule has 50 heavy (non-hydrogen) atoms. The second kappa shape index (κ2) is 13.6. The van der Waals surface area contributed by atoms with Crippen LogP contribution in [0.2, 0.25) is 18.1 Å². The summed E-state index contributed by atoms with van der Waals surface area (Å²) in [7, 11) is -1.70. The number of nitrogens with zero attached hydrogens (tertiary/aromatic N) is 6. The minimum Gasteiger partial charge on any atom is -0.417 e. The maximum Gasteiger partial charge on any atom is 0.278 e. The van der Waals surface area contributed by atoms with E-state index >= 15 is 0 Å². The Morgan fingerprint density at radius 3 is 2.60 bits per heavy atom. The molecule has 1 fully saturated rings. The van der Waals surface area contributed by atoms with Gasteiger partial charge in [0.05, 0.1) is 12.2 Å². The second-order valence-corrected chi connectivity index (χ2v) is 22.5. The van der Waals surface area contributed by atoms with Gasteiger partial charge < -0.3 is 14.8 Å². The molecular formula is C38H50IN7O3Si. The molecule has 266 valence electrons. The fourth-order valence-corrected chi connectivity index (χ4v) is 9.29. The lowest BCUT2D eigenvalue weighted by Crippen LogP contribution is -2.44. The lowest BCUT2D eigenvalue weighted by Gasteiger charge is -2.41. The highest BCUT2D eigenvalue weighted by Crippen LogP contribution is 2.41. The summed E-state index contributed by atoms with van der Waals surface area (Å²) in [5, 5.41) is 15.0. The number of alkyl halides is 1. The van der Waals surface area contributed by atoms with Crippen molar-refractivity contribution in [2.75, 3.05) is 18.5 Å². The Morgan fingerprint density at radius 2 is 1.86 bits per heavy atom. The van der Waals surface area contributed by atoms with Crippen LogP contribution in [-0.4, -0.2) is 61.8 Å². The molecule has 0 unspecified atom stereocenters. The van der Waals surface area contributed by atoms with Crippen LogP contribution in [0.25, 0.3) is 16.9 Å². The van der Waals surface area contributed by atoms with E-state index in [1.54, 1.807) is 21.6 Å². The van der Waals surface area contributed by atoms with E-state index in [0.29, 0.717) is 46.9 Å². The van der Waals surface area contributed by atoms with Gasteiger partial charge in [-0.05, 0) is 126 Å². The number of halogens is 1. The fourth-order valence-electron chi connectivity index (χ4n) is 7.47. The van der Waals surface area contributed by atoms with Crippen molar-refractivity contribution in [2.45, 2.75) is 107 Å². The van der Waals surface area contributed by atoms with E-state index in [0.717, 1.165) is 43.8 Å². The maximum absolute atomic E-state index is 13.5. The van der Waals surface area contributed by atoms with Crippen molar-refractivity contribution in [1.29, 1.82) is 0 Å². The molecule has 2 N–H and O–H groups in total. The summed E-state index contributed by atoms with van der Waals surface area (Å²) < 4.78 is 8.81. The molecule has 3 aliphatic rings. The van der Waals surface area contributed by atoms with E-state index in [2.05, 4.69) is 96.4 Å². The number of allylic oxidation sites excluding steroid dienone is 1. The third kappa shape index (κ3) is 6.85. The van der Waals surface area contributed by atoms with Crippen LogP contribution >= 0.6 is 22.6 Å². The smallest absolute Gasteiger partial charge is 0.278 e. The number of pyridine rings is 1. The van der Waals surface area contributed by atoms with Crippen molar-refractivity contribution in [3.05, 3.63) is 81.9 Å². The largest absolute Gasteiger partial charge is 0.417 e. The number of aryl methyl sites for hydroxylation is 1. The molecule has 0 radical (unpaired) electrons. The van der Waals surface area contributed by atoms with Gasteiger partial charge in [-0.1, -0.05) is 39.0 Å². The Hall–Kier alpha value is -2.91. The first-order chi connectivity index (χ1) is 23.7. The molecule has 0 amide bonds. The minimum absolute atomic E-state index is 0.218. The summed E-state index contributed by atoms with van der Waals surface area (Å²) in [6.07, 6.45) is 10.6. The topological polar surface area (TPSA) is 110 Å². The number of benzene rings is 1. The number of rotatable bonds is 9. The van der Waals surface area contributed by atoms with Crippen molar-refractivity contribution in [3.63, 3.8) is 0 Å². The zero-order valence-electron chi connectivity index (χ0n) is 30.0. The first-order valence-electron chi connectivity index (χ1n) is 18.0. The molecule has 4 heterocycles. The highest BCUT2D eigenvalue weighted by molar-refractivity contribution is 14.1. The van der Waals surface area contributed by atoms with Gasteiger partial charge in [0, 0.05) is 37.6 Å². The van der Waals surface area contributed by atoms with Gasteiger partial charge in [0.15, 0.2) is 23.4 Å². The molecule has 0 saturated heterocycles. The van der Waals surface area contributed by atoms with E-state index < -0.39 is 11.9 Å². The molecule has 1 aliphatic heterocycles. The molecule has 2 aliphatic carbocycles. The van der Waals surface area contributed by atoms with Crippen molar-refractivity contribution in [3.8, 4) is 5.82 Å². The van der Waals surface area contributed by atoms with Crippen molar-refractivity contribution >= 4 is 53.6 Å². The molecule has 3 aromatic heterocycles. The molecule has 10 nitrogen and oxygen atoms in total. The quantitative estimate of drug-likeness (QED) is 0.0782. The number of hydrogen-bond acceptors (Lipinski definition) is 8. The molecule has 1 saturated carbocycles. The minimum atomic E-state index is -1.70. The van der Waals surface area contributed by atoms with E-state index in [9.17, 15) is 9.90 Å². The van der Waals surface area contributed by atoms with E-state index in [1.165, 1.54) is 36.8 Å². The van der Waals surface area contributed by atoms with Gasteiger partial charge in [-0.2, -0.15) is 4.98 Å². The van der Waals surface area contributed by atoms with Crippen LogP contribution in [0, 0.1) is 5.92 Å². The summed E-state index contributed by atoms with van der Waals surface area (Å²) in [5.74, 6) is 1.61. The van der Waals surface area contributed by atoms with Crippen LogP contribution < -0.4 is 10.9 Å². The Labute approximate surface area is 309 Å². The Kier molecular flexibility index (Phi) is 9.63. The number of hydrogen-bond donors (Lipinski definition) is 2. The summed E-state index contributed by atoms with van der Waals surface area (Å²) in [6, 6.07) is 11.1. The highest BCUT2D eigenvalue weighted by Gasteiger charge is 2.39. The average Bonchev–Trinajstić information content (AvgIpc) is 3.54. The van der Waals surface area contributed by atoms with Crippen molar-refractivity contribution in [1.82, 2.24) is 29.2 Å². The molecular weight excluding hydrogens is 757 g/mol. The van der Waals surface area contributed by atoms with Crippen LogP contribution in [0.1, 0.15) is 75.3 Å². The van der Waals surface area contributed by atoms with E-state index in [-0.39, 0.29) is 17.1 Å². The van der Waals surface area contributed by atoms with E-state index in [4.69, 9.17) is 14.4 Å². The van der Waals surface area contributed by atoms with Gasteiger partial charge >= 0.3 is 0 Å². The van der Waals surface area contributed by atoms with Crippen molar-refractivity contribution in [2.24, 2.45) is 5.92 Å². The van der Waals surface area contributed by atoms with Crippen LogP contribution in [0.3, 0.4) is 0 Å². The standard InChI is InChI=1S/C38H50IN7O3Si/c1-7-19-45-35(47)31-22-40-36(43-34(31)46(45)32-15-11-26-16-18-38(39,48)33(26)42-32)41-29-12-10-28-23-44(20-17-27(28)21-29)30-13-8-25(9-14-30)24-49-50(5,6)37(2,3)4/h7,10-12,15,21-22,25,30,48H,1,8-9,13-14,16-20,23-24H2,2-6H3,(H,40,41,43)/t25-,30+,38-/m1/s1. The number of aliphatic hydroxyl groups is 1. The lowest BCUT2D eigenvalue weighted by molar-refractivity contribution is 0.103. The number of anilines is 2. The van der Waals surface area contributed by atoms with Gasteiger partial charge in [-0.15, -0.1) is 6.58 Å². The number of fused-ring (bicyclic) bond motifs is 3. The summed E-state index contributed by atoms with van der Waals surface area (Å²) in [5.41, 5.74) is 5.54. The molecule has 0 spiro atoms. The maximum atomic E-state index is 13.5. The fraction of sp³-hybridized carbons (Fsp3) is 0.526. The van der Waals surface area contributed by atoms with Crippen LogP contribution in [0.15, 0.2) is 54.0 Å². The average molecular weight is 808 g/mol.